The highest BCUT2D eigenvalue weighted by atomic mass is 28.4. The Labute approximate surface area is 209 Å². The predicted molar refractivity (Wildman–Crippen MR) is 142 cm³/mol. The highest BCUT2D eigenvalue weighted by Crippen LogP contribution is 2.44. The van der Waals surface area contributed by atoms with Crippen molar-refractivity contribution in [3.63, 3.8) is 0 Å². The molecular formula is C30H33NO3Si. The van der Waals surface area contributed by atoms with E-state index < -0.39 is 8.32 Å². The number of carbonyl (C=O) groups excluding carboxylic acids is 2. The molecule has 0 unspecified atom stereocenters. The average molecular weight is 484 g/mol. The summed E-state index contributed by atoms with van der Waals surface area (Å²) >= 11 is 0. The molecule has 1 fully saturated rings. The predicted octanol–water partition coefficient (Wildman–Crippen LogP) is 4.89. The maximum Gasteiger partial charge on any atom is 0.261 e. The molecule has 1 saturated carbocycles. The van der Waals surface area contributed by atoms with Crippen LogP contribution in [0.25, 0.3) is 0 Å². The van der Waals surface area contributed by atoms with Crippen LogP contribution >= 0.6 is 0 Å². The molecule has 0 spiro atoms. The molecule has 0 aromatic heterocycles. The second kappa shape index (κ2) is 9.21. The van der Waals surface area contributed by atoms with Crippen molar-refractivity contribution in [2.45, 2.75) is 38.7 Å². The van der Waals surface area contributed by atoms with Gasteiger partial charge in [-0.25, -0.2) is 0 Å². The van der Waals surface area contributed by atoms with Gasteiger partial charge in [0.05, 0.1) is 11.1 Å². The number of benzene rings is 3. The van der Waals surface area contributed by atoms with Crippen LogP contribution in [-0.2, 0) is 4.43 Å². The Hall–Kier alpha value is -3.02. The molecule has 0 N–H and O–H groups in total. The molecule has 2 aliphatic rings. The zero-order chi connectivity index (χ0) is 24.6. The molecule has 35 heavy (non-hydrogen) atoms. The van der Waals surface area contributed by atoms with E-state index in [4.69, 9.17) is 4.43 Å². The van der Waals surface area contributed by atoms with E-state index in [1.807, 2.05) is 12.1 Å². The summed E-state index contributed by atoms with van der Waals surface area (Å²) in [6.45, 7) is 8.07. The lowest BCUT2D eigenvalue weighted by Crippen LogP contribution is -2.66. The lowest BCUT2D eigenvalue weighted by Gasteiger charge is -2.43. The molecule has 5 rings (SSSR count). The molecule has 0 radical (unpaired) electrons. The first kappa shape index (κ1) is 23.7. The van der Waals surface area contributed by atoms with Crippen LogP contribution in [-0.4, -0.2) is 38.2 Å². The molecule has 5 heteroatoms. The lowest BCUT2D eigenvalue weighted by molar-refractivity contribution is 0.0644. The maximum absolute atomic E-state index is 12.7. The van der Waals surface area contributed by atoms with Crippen molar-refractivity contribution in [1.29, 1.82) is 0 Å². The van der Waals surface area contributed by atoms with Gasteiger partial charge in [0, 0.05) is 13.2 Å². The summed E-state index contributed by atoms with van der Waals surface area (Å²) in [6, 6.07) is 28.5. The average Bonchev–Trinajstić information content (AvgIpc) is 3.57. The van der Waals surface area contributed by atoms with Crippen LogP contribution in [0.15, 0.2) is 84.9 Å². The summed E-state index contributed by atoms with van der Waals surface area (Å²) in [6.07, 6.45) is 1.98. The minimum atomic E-state index is -2.53. The summed E-state index contributed by atoms with van der Waals surface area (Å²) < 4.78 is 7.02. The minimum Gasteiger partial charge on any atom is -0.407 e. The van der Waals surface area contributed by atoms with Crippen molar-refractivity contribution in [2.24, 2.45) is 11.8 Å². The van der Waals surface area contributed by atoms with Crippen LogP contribution in [0, 0.1) is 11.8 Å². The maximum atomic E-state index is 12.7. The molecule has 0 saturated heterocycles. The highest BCUT2D eigenvalue weighted by Gasteiger charge is 2.50. The van der Waals surface area contributed by atoms with Crippen molar-refractivity contribution in [1.82, 2.24) is 4.90 Å². The number of hydrogen-bond acceptors (Lipinski definition) is 3. The van der Waals surface area contributed by atoms with Crippen molar-refractivity contribution in [3.8, 4) is 0 Å². The third-order valence-electron chi connectivity index (χ3n) is 7.59. The van der Waals surface area contributed by atoms with E-state index in [1.54, 1.807) is 12.1 Å². The molecule has 180 valence electrons. The van der Waals surface area contributed by atoms with Gasteiger partial charge in [0.1, 0.15) is 0 Å². The number of amides is 2. The fourth-order valence-corrected chi connectivity index (χ4v) is 10.2. The van der Waals surface area contributed by atoms with E-state index in [9.17, 15) is 9.59 Å². The van der Waals surface area contributed by atoms with Gasteiger partial charge < -0.3 is 4.43 Å². The van der Waals surface area contributed by atoms with E-state index in [0.717, 1.165) is 12.8 Å². The summed E-state index contributed by atoms with van der Waals surface area (Å²) in [5, 5.41) is 2.54. The third kappa shape index (κ3) is 4.28. The molecule has 1 aliphatic heterocycles. The van der Waals surface area contributed by atoms with Crippen LogP contribution in [0.1, 0.15) is 54.3 Å². The monoisotopic (exact) mass is 483 g/mol. The Kier molecular flexibility index (Phi) is 6.24. The summed E-state index contributed by atoms with van der Waals surface area (Å²) in [4.78, 5) is 26.9. The van der Waals surface area contributed by atoms with Crippen molar-refractivity contribution in [3.05, 3.63) is 96.1 Å². The van der Waals surface area contributed by atoms with Gasteiger partial charge in [-0.05, 0) is 52.2 Å². The topological polar surface area (TPSA) is 46.6 Å². The van der Waals surface area contributed by atoms with Gasteiger partial charge in [0.15, 0.2) is 0 Å². The fourth-order valence-electron chi connectivity index (χ4n) is 5.65. The number of nitrogens with zero attached hydrogens (tertiary/aromatic N) is 1. The van der Waals surface area contributed by atoms with Crippen molar-refractivity contribution >= 4 is 30.5 Å². The van der Waals surface area contributed by atoms with Gasteiger partial charge in [0.2, 0.25) is 0 Å². The summed E-state index contributed by atoms with van der Waals surface area (Å²) in [5.41, 5.74) is 1.06. The standard InChI is InChI=1S/C30H33NO3Si/c1-30(2,3)35(24-12-6-4-7-13-24,25-14-8-5-9-15-25)34-19-18-22-20-23(22)21-31-28(32)26-16-10-11-17-27(26)29(31)33/h4-17,22-23H,18-21H2,1-3H3/t22-,23+/m0/s1. The Morgan fingerprint density at radius 3 is 1.74 bits per heavy atom. The normalized spacial score (nSPS) is 19.7. The van der Waals surface area contributed by atoms with E-state index in [1.165, 1.54) is 15.3 Å². The van der Waals surface area contributed by atoms with Gasteiger partial charge in [-0.2, -0.15) is 0 Å². The van der Waals surface area contributed by atoms with Crippen LogP contribution in [0.4, 0.5) is 0 Å². The van der Waals surface area contributed by atoms with Crippen LogP contribution < -0.4 is 10.4 Å². The first-order chi connectivity index (χ1) is 16.8. The molecule has 2 amide bonds. The molecule has 1 heterocycles. The number of carbonyl (C=O) groups is 2. The minimum absolute atomic E-state index is 0.0428. The number of imide groups is 1. The molecule has 1 aliphatic carbocycles. The second-order valence-electron chi connectivity index (χ2n) is 10.8. The second-order valence-corrected chi connectivity index (χ2v) is 15.1. The van der Waals surface area contributed by atoms with Gasteiger partial charge in [-0.15, -0.1) is 0 Å². The number of fused-ring (bicyclic) bond motifs is 1. The van der Waals surface area contributed by atoms with Crippen molar-refractivity contribution < 1.29 is 14.0 Å². The molecule has 0 bridgehead atoms. The Morgan fingerprint density at radius 1 is 0.771 bits per heavy atom. The van der Waals surface area contributed by atoms with E-state index in [2.05, 4.69) is 81.4 Å². The SMILES string of the molecule is CC(C)(C)[Si](OCC[C@H]1C[C@@H]1CN1C(=O)c2ccccc2C1=O)(c1ccccc1)c1ccccc1. The quantitative estimate of drug-likeness (QED) is 0.339. The van der Waals surface area contributed by atoms with Gasteiger partial charge in [-0.3, -0.25) is 14.5 Å². The largest absolute Gasteiger partial charge is 0.407 e. The van der Waals surface area contributed by atoms with E-state index in [-0.39, 0.29) is 16.9 Å². The molecule has 3 aromatic rings. The Balaban J connectivity index is 1.28. The van der Waals surface area contributed by atoms with Crippen LogP contribution in [0.5, 0.6) is 0 Å². The highest BCUT2D eigenvalue weighted by molar-refractivity contribution is 6.99. The third-order valence-corrected chi connectivity index (χ3v) is 12.6. The van der Waals surface area contributed by atoms with Crippen molar-refractivity contribution in [2.75, 3.05) is 13.2 Å². The smallest absolute Gasteiger partial charge is 0.261 e. The zero-order valence-electron chi connectivity index (χ0n) is 20.7. The molecular weight excluding hydrogens is 450 g/mol. The van der Waals surface area contributed by atoms with Gasteiger partial charge in [-0.1, -0.05) is 93.6 Å². The summed E-state index contributed by atoms with van der Waals surface area (Å²) in [7, 11) is -2.53. The van der Waals surface area contributed by atoms with Crippen LogP contribution in [0.3, 0.4) is 0 Å². The Bertz CT molecular complexity index is 1140. The van der Waals surface area contributed by atoms with Crippen LogP contribution in [0.2, 0.25) is 5.04 Å². The molecule has 3 aromatic carbocycles. The zero-order valence-corrected chi connectivity index (χ0v) is 21.7. The summed E-state index contributed by atoms with van der Waals surface area (Å²) in [5.74, 6) is 0.539. The molecule has 2 atom stereocenters. The first-order valence-corrected chi connectivity index (χ1v) is 14.4. The first-order valence-electron chi connectivity index (χ1n) is 12.5. The number of rotatable bonds is 8. The van der Waals surface area contributed by atoms with E-state index >= 15 is 0 Å². The fraction of sp³-hybridized carbons (Fsp3) is 0.333. The number of hydrogen-bond donors (Lipinski definition) is 0. The van der Waals surface area contributed by atoms with Gasteiger partial charge in [0.25, 0.3) is 20.1 Å². The Morgan fingerprint density at radius 2 is 1.26 bits per heavy atom. The molecule has 4 nitrogen and oxygen atoms in total. The van der Waals surface area contributed by atoms with E-state index in [0.29, 0.717) is 36.1 Å². The lowest BCUT2D eigenvalue weighted by atomic mass is 10.1. The van der Waals surface area contributed by atoms with Gasteiger partial charge >= 0.3 is 0 Å².